The van der Waals surface area contributed by atoms with Crippen LogP contribution in [-0.2, 0) is 11.2 Å². The average molecular weight is 319 g/mol. The smallest absolute Gasteiger partial charge is 0.226 e. The molecule has 1 aromatic heterocycles. The SMILES string of the molecule is CCc1ccc(C2CC(C)CCN2C(=O)CC2(O)CCCC2)o1. The number of amides is 1. The molecular formula is C19H29NO3. The van der Waals surface area contributed by atoms with E-state index >= 15 is 0 Å². The second-order valence-electron chi connectivity index (χ2n) is 7.50. The van der Waals surface area contributed by atoms with Gasteiger partial charge in [0, 0.05) is 13.0 Å². The topological polar surface area (TPSA) is 53.7 Å². The van der Waals surface area contributed by atoms with Crippen LogP contribution in [0.5, 0.6) is 0 Å². The summed E-state index contributed by atoms with van der Waals surface area (Å²) in [5, 5.41) is 10.6. The van der Waals surface area contributed by atoms with E-state index in [1.54, 1.807) is 0 Å². The highest BCUT2D eigenvalue weighted by Gasteiger charge is 2.39. The molecule has 1 aliphatic heterocycles. The summed E-state index contributed by atoms with van der Waals surface area (Å²) in [4.78, 5) is 14.8. The third kappa shape index (κ3) is 3.63. The van der Waals surface area contributed by atoms with E-state index in [1.807, 2.05) is 17.0 Å². The van der Waals surface area contributed by atoms with Crippen molar-refractivity contribution in [3.63, 3.8) is 0 Å². The van der Waals surface area contributed by atoms with Gasteiger partial charge in [-0.1, -0.05) is 26.7 Å². The van der Waals surface area contributed by atoms with Gasteiger partial charge in [0.25, 0.3) is 0 Å². The molecule has 0 spiro atoms. The summed E-state index contributed by atoms with van der Waals surface area (Å²) in [6.07, 6.45) is 6.69. The van der Waals surface area contributed by atoms with Crippen molar-refractivity contribution in [2.45, 2.75) is 76.9 Å². The molecule has 2 heterocycles. The summed E-state index contributed by atoms with van der Waals surface area (Å²) < 4.78 is 5.94. The molecule has 1 aliphatic carbocycles. The van der Waals surface area contributed by atoms with E-state index < -0.39 is 5.60 Å². The quantitative estimate of drug-likeness (QED) is 0.917. The summed E-state index contributed by atoms with van der Waals surface area (Å²) in [5.74, 6) is 2.55. The summed E-state index contributed by atoms with van der Waals surface area (Å²) in [5.41, 5.74) is -0.775. The fourth-order valence-corrected chi connectivity index (χ4v) is 4.07. The molecule has 1 saturated heterocycles. The lowest BCUT2D eigenvalue weighted by atomic mass is 9.89. The number of hydrogen-bond donors (Lipinski definition) is 1. The van der Waals surface area contributed by atoms with Crippen molar-refractivity contribution in [1.82, 2.24) is 4.90 Å². The molecule has 128 valence electrons. The third-order valence-corrected chi connectivity index (χ3v) is 5.56. The predicted octanol–water partition coefficient (Wildman–Crippen LogP) is 3.84. The standard InChI is InChI=1S/C19H29NO3/c1-3-15-6-7-17(23-15)16-12-14(2)8-11-20(16)18(21)13-19(22)9-4-5-10-19/h6-7,14,16,22H,3-5,8-13H2,1-2H3. The zero-order chi connectivity index (χ0) is 16.4. The number of aliphatic hydroxyl groups is 1. The van der Waals surface area contributed by atoms with E-state index in [4.69, 9.17) is 4.42 Å². The van der Waals surface area contributed by atoms with Gasteiger partial charge in [-0.2, -0.15) is 0 Å². The van der Waals surface area contributed by atoms with Crippen LogP contribution in [0.1, 0.15) is 76.4 Å². The minimum Gasteiger partial charge on any atom is -0.464 e. The Bertz CT molecular complexity index is 545. The number of carbonyl (C=O) groups excluding carboxylic acids is 1. The Kier molecular flexibility index (Phi) is 4.81. The second-order valence-corrected chi connectivity index (χ2v) is 7.50. The minimum atomic E-state index is -0.775. The number of nitrogens with zero attached hydrogens (tertiary/aromatic N) is 1. The Labute approximate surface area is 138 Å². The van der Waals surface area contributed by atoms with Crippen molar-refractivity contribution in [3.8, 4) is 0 Å². The van der Waals surface area contributed by atoms with Gasteiger partial charge < -0.3 is 14.4 Å². The predicted molar refractivity (Wildman–Crippen MR) is 89.0 cm³/mol. The maximum absolute atomic E-state index is 12.9. The Balaban J connectivity index is 1.75. The first-order chi connectivity index (χ1) is 11.0. The van der Waals surface area contributed by atoms with Crippen LogP contribution in [0.3, 0.4) is 0 Å². The van der Waals surface area contributed by atoms with Gasteiger partial charge in [0.15, 0.2) is 0 Å². The third-order valence-electron chi connectivity index (χ3n) is 5.56. The van der Waals surface area contributed by atoms with Gasteiger partial charge >= 0.3 is 0 Å². The van der Waals surface area contributed by atoms with E-state index in [0.29, 0.717) is 5.92 Å². The second kappa shape index (κ2) is 6.68. The highest BCUT2D eigenvalue weighted by atomic mass is 16.3. The maximum atomic E-state index is 12.9. The molecule has 3 rings (SSSR count). The fraction of sp³-hybridized carbons (Fsp3) is 0.737. The number of hydrogen-bond acceptors (Lipinski definition) is 3. The Hall–Kier alpha value is -1.29. The molecule has 2 atom stereocenters. The number of likely N-dealkylation sites (tertiary alicyclic amines) is 1. The molecule has 4 heteroatoms. The van der Waals surface area contributed by atoms with Crippen molar-refractivity contribution in [3.05, 3.63) is 23.7 Å². The van der Waals surface area contributed by atoms with Crippen molar-refractivity contribution in [2.24, 2.45) is 5.92 Å². The van der Waals surface area contributed by atoms with Crippen LogP contribution in [0.4, 0.5) is 0 Å². The van der Waals surface area contributed by atoms with E-state index in [0.717, 1.165) is 63.0 Å². The molecule has 0 radical (unpaired) electrons. The van der Waals surface area contributed by atoms with E-state index in [9.17, 15) is 9.90 Å². The van der Waals surface area contributed by atoms with Gasteiger partial charge in [-0.15, -0.1) is 0 Å². The molecule has 2 unspecified atom stereocenters. The van der Waals surface area contributed by atoms with Gasteiger partial charge in [-0.25, -0.2) is 0 Å². The molecule has 2 aliphatic rings. The van der Waals surface area contributed by atoms with Crippen molar-refractivity contribution < 1.29 is 14.3 Å². The minimum absolute atomic E-state index is 0.0246. The van der Waals surface area contributed by atoms with Crippen molar-refractivity contribution in [1.29, 1.82) is 0 Å². The number of furan rings is 1. The Morgan fingerprint density at radius 2 is 2.13 bits per heavy atom. The zero-order valence-corrected chi connectivity index (χ0v) is 14.4. The lowest BCUT2D eigenvalue weighted by Crippen LogP contribution is -2.43. The molecule has 2 fully saturated rings. The molecular weight excluding hydrogens is 290 g/mol. The highest BCUT2D eigenvalue weighted by Crippen LogP contribution is 2.38. The summed E-state index contributed by atoms with van der Waals surface area (Å²) in [7, 11) is 0. The first-order valence-corrected chi connectivity index (χ1v) is 9.11. The Morgan fingerprint density at radius 1 is 1.39 bits per heavy atom. The maximum Gasteiger partial charge on any atom is 0.226 e. The van der Waals surface area contributed by atoms with Crippen LogP contribution in [0.2, 0.25) is 0 Å². The normalized spacial score (nSPS) is 27.3. The van der Waals surface area contributed by atoms with Crippen LogP contribution >= 0.6 is 0 Å². The lowest BCUT2D eigenvalue weighted by molar-refractivity contribution is -0.141. The van der Waals surface area contributed by atoms with E-state index in [2.05, 4.69) is 13.8 Å². The largest absolute Gasteiger partial charge is 0.464 e. The molecule has 1 aromatic rings. The molecule has 1 saturated carbocycles. The summed E-state index contributed by atoms with van der Waals surface area (Å²) in [6.45, 7) is 5.08. The first kappa shape index (κ1) is 16.6. The van der Waals surface area contributed by atoms with Crippen LogP contribution in [0, 0.1) is 5.92 Å². The molecule has 4 nitrogen and oxygen atoms in total. The fourth-order valence-electron chi connectivity index (χ4n) is 4.07. The highest BCUT2D eigenvalue weighted by molar-refractivity contribution is 5.78. The summed E-state index contributed by atoms with van der Waals surface area (Å²) in [6, 6.07) is 4.06. The number of rotatable bonds is 4. The van der Waals surface area contributed by atoms with Crippen molar-refractivity contribution >= 4 is 5.91 Å². The number of piperidine rings is 1. The van der Waals surface area contributed by atoms with Gasteiger partial charge in [0.05, 0.1) is 18.1 Å². The van der Waals surface area contributed by atoms with Gasteiger partial charge in [-0.3, -0.25) is 4.79 Å². The summed E-state index contributed by atoms with van der Waals surface area (Å²) >= 11 is 0. The lowest BCUT2D eigenvalue weighted by Gasteiger charge is -2.39. The first-order valence-electron chi connectivity index (χ1n) is 9.11. The molecule has 0 bridgehead atoms. The molecule has 1 N–H and O–H groups in total. The van der Waals surface area contributed by atoms with Crippen molar-refractivity contribution in [2.75, 3.05) is 6.54 Å². The van der Waals surface area contributed by atoms with Gasteiger partial charge in [0.2, 0.25) is 5.91 Å². The van der Waals surface area contributed by atoms with Gasteiger partial charge in [-0.05, 0) is 43.7 Å². The monoisotopic (exact) mass is 319 g/mol. The molecule has 1 amide bonds. The number of aryl methyl sites for hydroxylation is 1. The molecule has 0 aromatic carbocycles. The number of carbonyl (C=O) groups is 1. The van der Waals surface area contributed by atoms with Crippen LogP contribution in [0.25, 0.3) is 0 Å². The van der Waals surface area contributed by atoms with Crippen LogP contribution in [0.15, 0.2) is 16.5 Å². The average Bonchev–Trinajstić information content (AvgIpc) is 3.16. The van der Waals surface area contributed by atoms with E-state index in [1.165, 1.54) is 0 Å². The molecule has 23 heavy (non-hydrogen) atoms. The van der Waals surface area contributed by atoms with Crippen LogP contribution in [-0.4, -0.2) is 28.1 Å². The Morgan fingerprint density at radius 3 is 2.78 bits per heavy atom. The van der Waals surface area contributed by atoms with Crippen LogP contribution < -0.4 is 0 Å². The zero-order valence-electron chi connectivity index (χ0n) is 14.4. The van der Waals surface area contributed by atoms with Gasteiger partial charge in [0.1, 0.15) is 11.5 Å². The van der Waals surface area contributed by atoms with E-state index in [-0.39, 0.29) is 18.4 Å².